The number of hydrogen-bond donors (Lipinski definition) is 1. The Hall–Kier alpha value is -1.33. The van der Waals surface area contributed by atoms with Crippen LogP contribution in [0.15, 0.2) is 40.9 Å². The van der Waals surface area contributed by atoms with Gasteiger partial charge in [0, 0.05) is 6.04 Å². The van der Waals surface area contributed by atoms with Crippen molar-refractivity contribution in [2.24, 2.45) is 0 Å². The first-order valence-electron chi connectivity index (χ1n) is 6.64. The van der Waals surface area contributed by atoms with Crippen LogP contribution in [0, 0.1) is 17.5 Å². The van der Waals surface area contributed by atoms with E-state index in [1.807, 2.05) is 6.92 Å². The first-order valence-corrected chi connectivity index (χ1v) is 7.43. The topological polar surface area (TPSA) is 12.0 Å². The van der Waals surface area contributed by atoms with Crippen molar-refractivity contribution >= 4 is 15.9 Å². The van der Waals surface area contributed by atoms with Crippen LogP contribution in [-0.4, -0.2) is 6.54 Å². The average molecular weight is 358 g/mol. The lowest BCUT2D eigenvalue weighted by molar-refractivity contribution is 0.480. The minimum Gasteiger partial charge on any atom is -0.310 e. The van der Waals surface area contributed by atoms with Gasteiger partial charge in [0.1, 0.15) is 5.82 Å². The molecular weight excluding hydrogens is 343 g/mol. The Balaban J connectivity index is 2.30. The van der Waals surface area contributed by atoms with Crippen LogP contribution in [0.25, 0.3) is 0 Å². The van der Waals surface area contributed by atoms with Gasteiger partial charge in [-0.05, 0) is 58.2 Å². The highest BCUT2D eigenvalue weighted by molar-refractivity contribution is 9.10. The minimum absolute atomic E-state index is 0.249. The lowest BCUT2D eigenvalue weighted by Crippen LogP contribution is -2.23. The maximum atomic E-state index is 13.8. The van der Waals surface area contributed by atoms with Gasteiger partial charge in [-0.25, -0.2) is 13.2 Å². The van der Waals surface area contributed by atoms with Crippen LogP contribution in [0.3, 0.4) is 0 Å². The van der Waals surface area contributed by atoms with Crippen molar-refractivity contribution in [2.75, 3.05) is 6.54 Å². The van der Waals surface area contributed by atoms with Gasteiger partial charge in [-0.1, -0.05) is 25.1 Å². The van der Waals surface area contributed by atoms with Gasteiger partial charge in [0.25, 0.3) is 0 Å². The summed E-state index contributed by atoms with van der Waals surface area (Å²) in [6.45, 7) is 2.55. The van der Waals surface area contributed by atoms with Gasteiger partial charge < -0.3 is 5.32 Å². The molecule has 112 valence electrons. The lowest BCUT2D eigenvalue weighted by atomic mass is 9.98. The van der Waals surface area contributed by atoms with Crippen LogP contribution in [0.5, 0.6) is 0 Å². The highest BCUT2D eigenvalue weighted by atomic mass is 79.9. The predicted molar refractivity (Wildman–Crippen MR) is 80.6 cm³/mol. The van der Waals surface area contributed by atoms with E-state index in [1.165, 1.54) is 18.2 Å². The summed E-state index contributed by atoms with van der Waals surface area (Å²) in [5.41, 5.74) is 0.963. The molecule has 0 aliphatic heterocycles. The summed E-state index contributed by atoms with van der Waals surface area (Å²) >= 11 is 3.10. The van der Waals surface area contributed by atoms with Crippen LogP contribution in [-0.2, 0) is 6.42 Å². The lowest BCUT2D eigenvalue weighted by Gasteiger charge is -2.19. The van der Waals surface area contributed by atoms with Gasteiger partial charge in [0.05, 0.1) is 4.47 Å². The molecule has 1 nitrogen and oxygen atoms in total. The van der Waals surface area contributed by atoms with Crippen LogP contribution in [0.2, 0.25) is 0 Å². The molecule has 21 heavy (non-hydrogen) atoms. The van der Waals surface area contributed by atoms with Crippen LogP contribution in [0.1, 0.15) is 24.1 Å². The molecule has 2 aromatic carbocycles. The minimum atomic E-state index is -0.871. The number of benzene rings is 2. The largest absolute Gasteiger partial charge is 0.310 e. The zero-order chi connectivity index (χ0) is 15.4. The van der Waals surface area contributed by atoms with E-state index < -0.39 is 11.6 Å². The van der Waals surface area contributed by atoms with Crippen molar-refractivity contribution in [1.29, 1.82) is 0 Å². The molecule has 0 aliphatic rings. The van der Waals surface area contributed by atoms with Crippen molar-refractivity contribution in [3.05, 3.63) is 69.4 Å². The second-order valence-corrected chi connectivity index (χ2v) is 5.56. The van der Waals surface area contributed by atoms with E-state index in [0.29, 0.717) is 16.6 Å². The van der Waals surface area contributed by atoms with E-state index in [9.17, 15) is 13.2 Å². The smallest absolute Gasteiger partial charge is 0.162 e. The number of nitrogens with one attached hydrogen (secondary N) is 1. The Morgan fingerprint density at radius 1 is 1.10 bits per heavy atom. The molecule has 0 spiro atoms. The Kier molecular flexibility index (Phi) is 5.42. The second kappa shape index (κ2) is 7.09. The summed E-state index contributed by atoms with van der Waals surface area (Å²) in [6.07, 6.45) is 0.249. The summed E-state index contributed by atoms with van der Waals surface area (Å²) in [5.74, 6) is -2.10. The number of rotatable bonds is 5. The van der Waals surface area contributed by atoms with E-state index in [4.69, 9.17) is 0 Å². The molecule has 2 rings (SSSR count). The van der Waals surface area contributed by atoms with Crippen LogP contribution >= 0.6 is 15.9 Å². The SMILES string of the molecule is CCNC(Cc1cccc(F)c1F)c1ccc(Br)c(F)c1. The van der Waals surface area contributed by atoms with E-state index in [-0.39, 0.29) is 23.8 Å². The third-order valence-corrected chi connectivity index (χ3v) is 3.90. The quantitative estimate of drug-likeness (QED) is 0.813. The van der Waals surface area contributed by atoms with E-state index in [1.54, 1.807) is 12.1 Å². The van der Waals surface area contributed by atoms with Gasteiger partial charge in [0.2, 0.25) is 0 Å². The molecule has 1 atom stereocenters. The fourth-order valence-corrected chi connectivity index (χ4v) is 2.46. The average Bonchev–Trinajstić information content (AvgIpc) is 2.46. The summed E-state index contributed by atoms with van der Waals surface area (Å²) < 4.78 is 41.1. The summed E-state index contributed by atoms with van der Waals surface area (Å²) in [5, 5.41) is 3.17. The van der Waals surface area contributed by atoms with Gasteiger partial charge in [0.15, 0.2) is 11.6 Å². The molecular formula is C16H15BrF3N. The van der Waals surface area contributed by atoms with Gasteiger partial charge in [-0.3, -0.25) is 0 Å². The first-order chi connectivity index (χ1) is 10.0. The van der Waals surface area contributed by atoms with Gasteiger partial charge >= 0.3 is 0 Å². The number of likely N-dealkylation sites (N-methyl/N-ethyl adjacent to an activating group) is 1. The molecule has 0 bridgehead atoms. The zero-order valence-electron chi connectivity index (χ0n) is 11.5. The molecule has 1 N–H and O–H groups in total. The highest BCUT2D eigenvalue weighted by Gasteiger charge is 2.16. The maximum Gasteiger partial charge on any atom is 0.162 e. The second-order valence-electron chi connectivity index (χ2n) is 4.70. The molecule has 0 amide bonds. The van der Waals surface area contributed by atoms with E-state index in [2.05, 4.69) is 21.2 Å². The first kappa shape index (κ1) is 16.0. The van der Waals surface area contributed by atoms with Crippen molar-refractivity contribution in [1.82, 2.24) is 5.32 Å². The molecule has 0 aromatic heterocycles. The monoisotopic (exact) mass is 357 g/mol. The number of halogens is 4. The molecule has 0 fully saturated rings. The molecule has 5 heteroatoms. The Bertz CT molecular complexity index is 631. The molecule has 2 aromatic rings. The maximum absolute atomic E-state index is 13.8. The molecule has 0 saturated heterocycles. The van der Waals surface area contributed by atoms with Crippen molar-refractivity contribution in [3.8, 4) is 0 Å². The van der Waals surface area contributed by atoms with Crippen LogP contribution in [0.4, 0.5) is 13.2 Å². The summed E-state index contributed by atoms with van der Waals surface area (Å²) in [6, 6.07) is 8.58. The van der Waals surface area contributed by atoms with E-state index >= 15 is 0 Å². The summed E-state index contributed by atoms with van der Waals surface area (Å²) in [7, 11) is 0. The van der Waals surface area contributed by atoms with Crippen LogP contribution < -0.4 is 5.32 Å². The normalized spacial score (nSPS) is 12.4. The number of hydrogen-bond acceptors (Lipinski definition) is 1. The summed E-state index contributed by atoms with van der Waals surface area (Å²) in [4.78, 5) is 0. The Labute approximate surface area is 130 Å². The third kappa shape index (κ3) is 3.86. The van der Waals surface area contributed by atoms with Crippen molar-refractivity contribution in [3.63, 3.8) is 0 Å². The fourth-order valence-electron chi connectivity index (χ4n) is 2.21. The highest BCUT2D eigenvalue weighted by Crippen LogP contribution is 2.25. The van der Waals surface area contributed by atoms with Crippen molar-refractivity contribution < 1.29 is 13.2 Å². The third-order valence-electron chi connectivity index (χ3n) is 3.25. The van der Waals surface area contributed by atoms with E-state index in [0.717, 1.165) is 6.07 Å². The predicted octanol–water partition coefficient (Wildman–Crippen LogP) is 4.76. The zero-order valence-corrected chi connectivity index (χ0v) is 13.1. The molecule has 0 radical (unpaired) electrons. The standard InChI is InChI=1S/C16H15BrF3N/c1-2-21-15(10-6-7-12(17)14(19)8-10)9-11-4-3-5-13(18)16(11)20/h3-8,15,21H,2,9H2,1H3. The Morgan fingerprint density at radius 2 is 1.86 bits per heavy atom. The molecule has 0 heterocycles. The van der Waals surface area contributed by atoms with Gasteiger partial charge in [-0.2, -0.15) is 0 Å². The molecule has 1 unspecified atom stereocenters. The fraction of sp³-hybridized carbons (Fsp3) is 0.250. The molecule has 0 saturated carbocycles. The van der Waals surface area contributed by atoms with Gasteiger partial charge in [-0.15, -0.1) is 0 Å². The molecule has 0 aliphatic carbocycles. The van der Waals surface area contributed by atoms with Crippen molar-refractivity contribution in [2.45, 2.75) is 19.4 Å². The Morgan fingerprint density at radius 3 is 2.52 bits per heavy atom.